The maximum atomic E-state index is 11.5. The Labute approximate surface area is 122 Å². The molecular formula is C14H19NO6. The topological polar surface area (TPSA) is 116 Å². The first kappa shape index (κ1) is 17.1. The molecule has 0 bridgehead atoms. The van der Waals surface area contributed by atoms with Gasteiger partial charge in [-0.15, -0.1) is 0 Å². The van der Waals surface area contributed by atoms with Crippen molar-refractivity contribution in [1.29, 1.82) is 0 Å². The third kappa shape index (κ3) is 5.50. The highest BCUT2D eigenvalue weighted by Crippen LogP contribution is 2.04. The summed E-state index contributed by atoms with van der Waals surface area (Å²) < 4.78 is 4.94. The summed E-state index contributed by atoms with van der Waals surface area (Å²) in [5.74, 6) is -0.922. The third-order valence-corrected chi connectivity index (χ3v) is 2.88. The van der Waals surface area contributed by atoms with Crippen molar-refractivity contribution >= 4 is 11.9 Å². The van der Waals surface area contributed by atoms with E-state index in [1.165, 1.54) is 6.92 Å². The normalized spacial score (nSPS) is 14.9. The number of carbonyl (C=O) groups is 2. The van der Waals surface area contributed by atoms with Gasteiger partial charge in [0.2, 0.25) is 0 Å². The van der Waals surface area contributed by atoms with E-state index in [1.54, 1.807) is 24.3 Å². The van der Waals surface area contributed by atoms with E-state index in [0.29, 0.717) is 0 Å². The molecule has 0 radical (unpaired) electrons. The van der Waals surface area contributed by atoms with Crippen LogP contribution >= 0.6 is 0 Å². The molecule has 21 heavy (non-hydrogen) atoms. The van der Waals surface area contributed by atoms with Crippen LogP contribution in [-0.2, 0) is 16.1 Å². The van der Waals surface area contributed by atoms with Gasteiger partial charge in [-0.2, -0.15) is 0 Å². The second-order valence-corrected chi connectivity index (χ2v) is 4.55. The second kappa shape index (κ2) is 8.35. The molecule has 0 unspecified atom stereocenters. The number of aliphatic hydroxyl groups is 3. The Balaban J connectivity index is 2.41. The number of aliphatic hydroxyl groups excluding tert-OH is 3. The van der Waals surface area contributed by atoms with Gasteiger partial charge in [0, 0.05) is 0 Å². The molecule has 116 valence electrons. The molecule has 1 aromatic rings. The van der Waals surface area contributed by atoms with Crippen molar-refractivity contribution < 1.29 is 29.6 Å². The maximum absolute atomic E-state index is 11.5. The predicted molar refractivity (Wildman–Crippen MR) is 73.3 cm³/mol. The predicted octanol–water partition coefficient (Wildman–Crippen LogP) is -0.415. The number of ether oxygens (including phenoxy) is 1. The van der Waals surface area contributed by atoms with Crippen LogP contribution in [0.15, 0.2) is 30.3 Å². The first-order valence-electron chi connectivity index (χ1n) is 6.42. The molecule has 0 aromatic heterocycles. The van der Waals surface area contributed by atoms with Gasteiger partial charge < -0.3 is 25.4 Å². The molecule has 0 aliphatic heterocycles. The van der Waals surface area contributed by atoms with Crippen LogP contribution in [0.1, 0.15) is 12.5 Å². The smallest absolute Gasteiger partial charge is 0.407 e. The van der Waals surface area contributed by atoms with Crippen LogP contribution in [0.5, 0.6) is 0 Å². The van der Waals surface area contributed by atoms with Gasteiger partial charge in [0.1, 0.15) is 25.4 Å². The Hall–Kier alpha value is -1.96. The summed E-state index contributed by atoms with van der Waals surface area (Å²) in [5.41, 5.74) is 0.802. The van der Waals surface area contributed by atoms with Crippen LogP contribution in [0.25, 0.3) is 0 Å². The minimum atomic E-state index is -1.76. The second-order valence-electron chi connectivity index (χ2n) is 4.55. The molecule has 0 spiro atoms. The van der Waals surface area contributed by atoms with Gasteiger partial charge >= 0.3 is 6.09 Å². The Morgan fingerprint density at radius 2 is 1.86 bits per heavy atom. The van der Waals surface area contributed by atoms with E-state index in [-0.39, 0.29) is 6.61 Å². The van der Waals surface area contributed by atoms with Crippen LogP contribution in [0.3, 0.4) is 0 Å². The molecule has 1 aromatic carbocycles. The van der Waals surface area contributed by atoms with Gasteiger partial charge in [0.15, 0.2) is 5.78 Å². The lowest BCUT2D eigenvalue weighted by Crippen LogP contribution is -2.50. The minimum absolute atomic E-state index is 0.0631. The molecular weight excluding hydrogens is 278 g/mol. The van der Waals surface area contributed by atoms with Gasteiger partial charge in [0.25, 0.3) is 0 Å². The molecule has 0 heterocycles. The lowest BCUT2D eigenvalue weighted by atomic mass is 10.0. The summed E-state index contributed by atoms with van der Waals surface area (Å²) in [5, 5.41) is 30.0. The Kier molecular flexibility index (Phi) is 6.80. The number of carbonyl (C=O) groups excluding carboxylic acids is 2. The molecule has 0 saturated heterocycles. The summed E-state index contributed by atoms with van der Waals surface area (Å²) in [6, 6.07) is 8.10. The number of Topliss-reactive ketones (excluding diaryl/α,β-unsaturated/α-hetero) is 1. The average molecular weight is 297 g/mol. The lowest BCUT2D eigenvalue weighted by Gasteiger charge is -2.23. The Morgan fingerprint density at radius 3 is 2.43 bits per heavy atom. The summed E-state index contributed by atoms with van der Waals surface area (Å²) >= 11 is 0. The first-order chi connectivity index (χ1) is 9.95. The fourth-order valence-electron chi connectivity index (χ4n) is 1.59. The molecule has 7 nitrogen and oxygen atoms in total. The van der Waals surface area contributed by atoms with E-state index in [4.69, 9.17) is 9.84 Å². The van der Waals surface area contributed by atoms with Crippen molar-refractivity contribution in [2.24, 2.45) is 0 Å². The monoisotopic (exact) mass is 297 g/mol. The zero-order valence-electron chi connectivity index (χ0n) is 11.6. The van der Waals surface area contributed by atoms with Crippen LogP contribution in [0, 0.1) is 0 Å². The minimum Gasteiger partial charge on any atom is -0.445 e. The van der Waals surface area contributed by atoms with E-state index < -0.39 is 36.7 Å². The summed E-state index contributed by atoms with van der Waals surface area (Å²) in [6.45, 7) is 0.583. The molecule has 1 amide bonds. The largest absolute Gasteiger partial charge is 0.445 e. The quantitative estimate of drug-likeness (QED) is 0.543. The van der Waals surface area contributed by atoms with Crippen LogP contribution in [-0.4, -0.2) is 52.1 Å². The number of rotatable bonds is 7. The van der Waals surface area contributed by atoms with Gasteiger partial charge in [-0.05, 0) is 12.5 Å². The van der Waals surface area contributed by atoms with Gasteiger partial charge in [-0.25, -0.2) is 4.79 Å². The number of ketones is 1. The first-order valence-corrected chi connectivity index (χ1v) is 6.42. The fourth-order valence-corrected chi connectivity index (χ4v) is 1.59. The molecule has 7 heteroatoms. The number of amides is 1. The number of hydrogen-bond donors (Lipinski definition) is 4. The number of nitrogens with one attached hydrogen (secondary N) is 1. The molecule has 3 atom stereocenters. The van der Waals surface area contributed by atoms with Crippen molar-refractivity contribution in [2.45, 2.75) is 31.8 Å². The maximum Gasteiger partial charge on any atom is 0.407 e. The molecule has 0 aliphatic rings. The van der Waals surface area contributed by atoms with Gasteiger partial charge in [-0.3, -0.25) is 4.79 Å². The molecule has 0 saturated carbocycles. The Bertz CT molecular complexity index is 464. The van der Waals surface area contributed by atoms with Crippen molar-refractivity contribution in [3.63, 3.8) is 0 Å². The van der Waals surface area contributed by atoms with Crippen molar-refractivity contribution in [2.75, 3.05) is 6.61 Å². The highest BCUT2D eigenvalue weighted by molar-refractivity contribution is 5.84. The molecule has 1 rings (SSSR count). The van der Waals surface area contributed by atoms with E-state index in [9.17, 15) is 19.8 Å². The van der Waals surface area contributed by atoms with Crippen molar-refractivity contribution in [3.8, 4) is 0 Å². The number of hydrogen-bond acceptors (Lipinski definition) is 6. The molecule has 0 fully saturated rings. The molecule has 4 N–H and O–H groups in total. The Morgan fingerprint density at radius 1 is 1.24 bits per heavy atom. The zero-order chi connectivity index (χ0) is 15.8. The number of benzene rings is 1. The standard InChI is InChI=1S/C14H19NO6/c1-9(12(18)13(19)11(17)7-16)15-14(20)21-8-10-5-3-2-4-6-10/h2-6,9,12-13,16,18-19H,7-8H2,1H3,(H,15,20)/t9-,12+,13+/m1/s1. The zero-order valence-corrected chi connectivity index (χ0v) is 11.6. The van der Waals surface area contributed by atoms with Crippen molar-refractivity contribution in [3.05, 3.63) is 35.9 Å². The van der Waals surface area contributed by atoms with Gasteiger partial charge in [-0.1, -0.05) is 30.3 Å². The lowest BCUT2D eigenvalue weighted by molar-refractivity contribution is -0.136. The van der Waals surface area contributed by atoms with Gasteiger partial charge in [0.05, 0.1) is 6.04 Å². The van der Waals surface area contributed by atoms with E-state index in [2.05, 4.69) is 5.32 Å². The van der Waals surface area contributed by atoms with E-state index in [1.807, 2.05) is 6.07 Å². The highest BCUT2D eigenvalue weighted by Gasteiger charge is 2.29. The average Bonchev–Trinajstić information content (AvgIpc) is 2.51. The van der Waals surface area contributed by atoms with Crippen LogP contribution < -0.4 is 5.32 Å². The van der Waals surface area contributed by atoms with Crippen LogP contribution in [0.4, 0.5) is 4.79 Å². The number of alkyl carbamates (subject to hydrolysis) is 1. The summed E-state index contributed by atoms with van der Waals surface area (Å²) in [6.07, 6.45) is -4.08. The van der Waals surface area contributed by atoms with E-state index in [0.717, 1.165) is 5.56 Å². The van der Waals surface area contributed by atoms with E-state index >= 15 is 0 Å². The SMILES string of the molecule is C[C@@H](NC(=O)OCc1ccccc1)[C@H](O)[C@@H](O)C(=O)CO. The fraction of sp³-hybridized carbons (Fsp3) is 0.429. The summed E-state index contributed by atoms with van der Waals surface area (Å²) in [7, 11) is 0. The van der Waals surface area contributed by atoms with Crippen molar-refractivity contribution in [1.82, 2.24) is 5.32 Å². The highest BCUT2D eigenvalue weighted by atomic mass is 16.5. The van der Waals surface area contributed by atoms with Crippen LogP contribution in [0.2, 0.25) is 0 Å². The molecule has 0 aliphatic carbocycles. The summed E-state index contributed by atoms with van der Waals surface area (Å²) in [4.78, 5) is 22.6. The third-order valence-electron chi connectivity index (χ3n) is 2.88.